The second-order valence-corrected chi connectivity index (χ2v) is 5.50. The number of esters is 1. The van der Waals surface area contributed by atoms with Gasteiger partial charge in [-0.3, -0.25) is 4.79 Å². The fourth-order valence-electron chi connectivity index (χ4n) is 2.08. The molecule has 18 heavy (non-hydrogen) atoms. The molecule has 0 aliphatic carbocycles. The highest BCUT2D eigenvalue weighted by molar-refractivity contribution is 5.69. The molecule has 1 fully saturated rings. The highest BCUT2D eigenvalue weighted by Crippen LogP contribution is 2.32. The number of carbonyl (C=O) groups excluding carboxylic acids is 1. The fraction of sp³-hybridized carbons (Fsp3) is 0.923. The summed E-state index contributed by atoms with van der Waals surface area (Å²) in [5.41, 5.74) is -0.388. The van der Waals surface area contributed by atoms with Gasteiger partial charge in [0.25, 0.3) is 0 Å². The molecular formula is C13H24O5. The molecule has 0 amide bonds. The SMILES string of the molecule is CCOC(=O)CCC1(C)OOC(C)(C)CC(C)O1. The van der Waals surface area contributed by atoms with Crippen molar-refractivity contribution >= 4 is 5.97 Å². The highest BCUT2D eigenvalue weighted by Gasteiger charge is 2.39. The van der Waals surface area contributed by atoms with E-state index in [4.69, 9.17) is 19.2 Å². The fourth-order valence-corrected chi connectivity index (χ4v) is 2.08. The maximum atomic E-state index is 11.3. The summed E-state index contributed by atoms with van der Waals surface area (Å²) >= 11 is 0. The van der Waals surface area contributed by atoms with E-state index in [9.17, 15) is 4.79 Å². The van der Waals surface area contributed by atoms with Crippen LogP contribution in [0.15, 0.2) is 0 Å². The van der Waals surface area contributed by atoms with E-state index in [1.807, 2.05) is 20.8 Å². The van der Waals surface area contributed by atoms with Crippen molar-refractivity contribution in [2.24, 2.45) is 0 Å². The predicted octanol–water partition coefficient (Wildman–Crippen LogP) is 2.58. The molecule has 2 unspecified atom stereocenters. The molecule has 2 atom stereocenters. The molecular weight excluding hydrogens is 236 g/mol. The van der Waals surface area contributed by atoms with E-state index in [-0.39, 0.29) is 24.1 Å². The van der Waals surface area contributed by atoms with Gasteiger partial charge in [0.05, 0.1) is 19.1 Å². The molecule has 1 heterocycles. The van der Waals surface area contributed by atoms with Gasteiger partial charge in [-0.05, 0) is 34.6 Å². The van der Waals surface area contributed by atoms with Crippen molar-refractivity contribution < 1.29 is 24.0 Å². The van der Waals surface area contributed by atoms with E-state index in [0.717, 1.165) is 6.42 Å². The van der Waals surface area contributed by atoms with E-state index >= 15 is 0 Å². The van der Waals surface area contributed by atoms with Crippen molar-refractivity contribution in [3.05, 3.63) is 0 Å². The highest BCUT2D eigenvalue weighted by atomic mass is 17.2. The third-order valence-electron chi connectivity index (χ3n) is 2.76. The molecule has 5 nitrogen and oxygen atoms in total. The minimum Gasteiger partial charge on any atom is -0.466 e. The Labute approximate surface area is 109 Å². The van der Waals surface area contributed by atoms with Crippen molar-refractivity contribution in [2.45, 2.75) is 71.4 Å². The first kappa shape index (κ1) is 15.4. The van der Waals surface area contributed by atoms with Gasteiger partial charge in [-0.2, -0.15) is 0 Å². The molecule has 0 aromatic carbocycles. The van der Waals surface area contributed by atoms with Crippen LogP contribution in [0.25, 0.3) is 0 Å². The topological polar surface area (TPSA) is 54.0 Å². The zero-order chi connectivity index (χ0) is 13.8. The van der Waals surface area contributed by atoms with Gasteiger partial charge in [-0.1, -0.05) is 0 Å². The average molecular weight is 260 g/mol. The molecule has 0 aromatic heterocycles. The van der Waals surface area contributed by atoms with E-state index in [2.05, 4.69) is 0 Å². The van der Waals surface area contributed by atoms with Crippen molar-refractivity contribution in [2.75, 3.05) is 6.61 Å². The van der Waals surface area contributed by atoms with Gasteiger partial charge in [0.2, 0.25) is 0 Å². The molecule has 1 rings (SSSR count). The lowest BCUT2D eigenvalue weighted by atomic mass is 10.0. The zero-order valence-electron chi connectivity index (χ0n) is 11.9. The largest absolute Gasteiger partial charge is 0.466 e. The minimum absolute atomic E-state index is 0.00898. The van der Waals surface area contributed by atoms with E-state index in [1.165, 1.54) is 0 Å². The average Bonchev–Trinajstić information content (AvgIpc) is 2.33. The van der Waals surface area contributed by atoms with Crippen LogP contribution in [-0.2, 0) is 24.0 Å². The Morgan fingerprint density at radius 2 is 2.00 bits per heavy atom. The van der Waals surface area contributed by atoms with Crippen LogP contribution in [-0.4, -0.2) is 30.1 Å². The predicted molar refractivity (Wildman–Crippen MR) is 65.7 cm³/mol. The Balaban J connectivity index is 2.54. The van der Waals surface area contributed by atoms with Crippen LogP contribution >= 0.6 is 0 Å². The first-order valence-corrected chi connectivity index (χ1v) is 6.47. The molecule has 0 bridgehead atoms. The molecule has 0 saturated carbocycles. The summed E-state index contributed by atoms with van der Waals surface area (Å²) in [6, 6.07) is 0. The normalized spacial score (nSPS) is 31.7. The first-order valence-electron chi connectivity index (χ1n) is 6.47. The first-order chi connectivity index (χ1) is 8.26. The summed E-state index contributed by atoms with van der Waals surface area (Å²) in [7, 11) is 0. The Kier molecular flexibility index (Phi) is 5.13. The molecule has 1 aliphatic rings. The summed E-state index contributed by atoms with van der Waals surface area (Å²) in [6.45, 7) is 9.82. The second-order valence-electron chi connectivity index (χ2n) is 5.50. The third-order valence-corrected chi connectivity index (χ3v) is 2.76. The van der Waals surface area contributed by atoms with Gasteiger partial charge in [0, 0.05) is 12.8 Å². The molecule has 1 aliphatic heterocycles. The number of hydrogen-bond donors (Lipinski definition) is 0. The van der Waals surface area contributed by atoms with Crippen LogP contribution in [0.4, 0.5) is 0 Å². The third kappa shape index (κ3) is 4.92. The van der Waals surface area contributed by atoms with Gasteiger partial charge in [-0.15, -0.1) is 0 Å². The van der Waals surface area contributed by atoms with Crippen LogP contribution in [0.2, 0.25) is 0 Å². The van der Waals surface area contributed by atoms with E-state index in [1.54, 1.807) is 13.8 Å². The lowest BCUT2D eigenvalue weighted by molar-refractivity contribution is -0.442. The number of carbonyl (C=O) groups is 1. The molecule has 0 spiro atoms. The minimum atomic E-state index is -0.903. The summed E-state index contributed by atoms with van der Waals surface area (Å²) in [6.07, 6.45) is 1.41. The molecule has 1 saturated heterocycles. The quantitative estimate of drug-likeness (QED) is 0.574. The van der Waals surface area contributed by atoms with Crippen molar-refractivity contribution in [1.82, 2.24) is 0 Å². The van der Waals surface area contributed by atoms with Crippen LogP contribution in [0.1, 0.15) is 53.9 Å². The Hall–Kier alpha value is -0.650. The molecule has 106 valence electrons. The van der Waals surface area contributed by atoms with Crippen molar-refractivity contribution in [3.63, 3.8) is 0 Å². The Morgan fingerprint density at radius 1 is 1.33 bits per heavy atom. The zero-order valence-corrected chi connectivity index (χ0v) is 11.9. The van der Waals surface area contributed by atoms with Gasteiger partial charge < -0.3 is 9.47 Å². The van der Waals surface area contributed by atoms with Crippen LogP contribution in [0.3, 0.4) is 0 Å². The molecule has 5 heteroatoms. The van der Waals surface area contributed by atoms with Gasteiger partial charge in [0.15, 0.2) is 5.79 Å². The molecule has 0 radical (unpaired) electrons. The maximum absolute atomic E-state index is 11.3. The summed E-state index contributed by atoms with van der Waals surface area (Å²) in [4.78, 5) is 22.1. The second kappa shape index (κ2) is 5.99. The monoisotopic (exact) mass is 260 g/mol. The number of ether oxygens (including phenoxy) is 2. The van der Waals surface area contributed by atoms with Crippen LogP contribution in [0.5, 0.6) is 0 Å². The van der Waals surface area contributed by atoms with E-state index < -0.39 is 5.79 Å². The van der Waals surface area contributed by atoms with Gasteiger partial charge >= 0.3 is 5.97 Å². The Morgan fingerprint density at radius 3 is 2.61 bits per heavy atom. The van der Waals surface area contributed by atoms with Crippen molar-refractivity contribution in [1.29, 1.82) is 0 Å². The standard InChI is InChI=1S/C13H24O5/c1-6-15-11(14)7-8-13(5)16-10(2)9-12(3,4)17-18-13/h10H,6-9H2,1-5H3. The summed E-state index contributed by atoms with van der Waals surface area (Å²) in [5.74, 6) is -1.15. The van der Waals surface area contributed by atoms with Crippen LogP contribution < -0.4 is 0 Å². The number of rotatable bonds is 4. The van der Waals surface area contributed by atoms with Crippen LogP contribution in [0, 0.1) is 0 Å². The van der Waals surface area contributed by atoms with Crippen molar-refractivity contribution in [3.8, 4) is 0 Å². The Bertz CT molecular complexity index is 289. The summed E-state index contributed by atoms with van der Waals surface area (Å²) < 4.78 is 10.7. The lowest BCUT2D eigenvalue weighted by Gasteiger charge is -2.28. The number of hydrogen-bond acceptors (Lipinski definition) is 5. The van der Waals surface area contributed by atoms with Gasteiger partial charge in [0.1, 0.15) is 5.60 Å². The van der Waals surface area contributed by atoms with Gasteiger partial charge in [-0.25, -0.2) is 9.78 Å². The maximum Gasteiger partial charge on any atom is 0.305 e. The smallest absolute Gasteiger partial charge is 0.305 e. The molecule has 0 aromatic rings. The summed E-state index contributed by atoms with van der Waals surface area (Å²) in [5, 5.41) is 0. The van der Waals surface area contributed by atoms with E-state index in [0.29, 0.717) is 13.0 Å². The lowest BCUT2D eigenvalue weighted by Crippen LogP contribution is -2.34. The molecule has 0 N–H and O–H groups in total.